The van der Waals surface area contributed by atoms with E-state index in [4.69, 9.17) is 16.3 Å². The van der Waals surface area contributed by atoms with Crippen molar-refractivity contribution in [2.75, 3.05) is 0 Å². The molecule has 0 N–H and O–H groups in total. The first-order chi connectivity index (χ1) is 10.8. The molecule has 22 heavy (non-hydrogen) atoms. The Hall–Kier alpha value is -2.66. The fourth-order valence-corrected chi connectivity index (χ4v) is 2.52. The number of hydrogen-bond acceptors (Lipinski definition) is 4. The molecule has 0 saturated heterocycles. The van der Waals surface area contributed by atoms with Crippen molar-refractivity contribution in [3.8, 4) is 6.01 Å². The van der Waals surface area contributed by atoms with E-state index in [9.17, 15) is 0 Å². The average Bonchev–Trinajstić information content (AvgIpc) is 2.97. The molecule has 0 amide bonds. The number of aromatic nitrogens is 4. The number of halogens is 1. The highest BCUT2D eigenvalue weighted by atomic mass is 35.5. The van der Waals surface area contributed by atoms with Crippen molar-refractivity contribution in [1.29, 1.82) is 0 Å². The van der Waals surface area contributed by atoms with Gasteiger partial charge in [-0.05, 0) is 17.7 Å². The zero-order valence-corrected chi connectivity index (χ0v) is 12.2. The van der Waals surface area contributed by atoms with Crippen molar-refractivity contribution in [3.05, 3.63) is 65.3 Å². The number of nitrogens with zero attached hydrogens (tertiary/aromatic N) is 4. The van der Waals surface area contributed by atoms with E-state index in [0.29, 0.717) is 17.5 Å². The molecule has 0 saturated carbocycles. The number of fused-ring (bicyclic) bond motifs is 3. The summed E-state index contributed by atoms with van der Waals surface area (Å²) < 4.78 is 7.28. The molecular formula is C16H11ClN4O. The third-order valence-corrected chi connectivity index (χ3v) is 3.62. The normalized spacial score (nSPS) is 11.1. The second kappa shape index (κ2) is 5.27. The molecule has 2 aromatic heterocycles. The van der Waals surface area contributed by atoms with Crippen LogP contribution in [0.15, 0.2) is 54.6 Å². The number of rotatable bonds is 3. The van der Waals surface area contributed by atoms with Crippen LogP contribution in [0.1, 0.15) is 5.56 Å². The van der Waals surface area contributed by atoms with Crippen LogP contribution >= 0.6 is 11.6 Å². The maximum atomic E-state index is 6.19. The summed E-state index contributed by atoms with van der Waals surface area (Å²) in [6.45, 7) is 0.406. The highest BCUT2D eigenvalue weighted by Gasteiger charge is 2.11. The highest BCUT2D eigenvalue weighted by molar-refractivity contribution is 6.34. The first-order valence-corrected chi connectivity index (χ1v) is 7.17. The van der Waals surface area contributed by atoms with E-state index in [2.05, 4.69) is 15.1 Å². The fraction of sp³-hybridized carbons (Fsp3) is 0.0625. The van der Waals surface area contributed by atoms with Crippen LogP contribution in [0, 0.1) is 0 Å². The number of hydrogen-bond donors (Lipinski definition) is 0. The third-order valence-electron chi connectivity index (χ3n) is 3.33. The molecule has 0 aliphatic rings. The summed E-state index contributed by atoms with van der Waals surface area (Å²) >= 11 is 6.19. The van der Waals surface area contributed by atoms with Crippen LogP contribution in [0.25, 0.3) is 16.7 Å². The van der Waals surface area contributed by atoms with Crippen LogP contribution in [0.4, 0.5) is 0 Å². The summed E-state index contributed by atoms with van der Waals surface area (Å²) in [6, 6.07) is 17.8. The lowest BCUT2D eigenvalue weighted by atomic mass is 10.2. The van der Waals surface area contributed by atoms with Crippen molar-refractivity contribution in [1.82, 2.24) is 19.6 Å². The molecular weight excluding hydrogens is 300 g/mol. The Morgan fingerprint density at radius 2 is 1.73 bits per heavy atom. The van der Waals surface area contributed by atoms with Gasteiger partial charge in [-0.15, -0.1) is 5.10 Å². The number of ether oxygens (including phenoxy) is 1. The zero-order valence-electron chi connectivity index (χ0n) is 11.5. The Labute approximate surface area is 131 Å². The lowest BCUT2D eigenvalue weighted by molar-refractivity contribution is 0.281. The van der Waals surface area contributed by atoms with Gasteiger partial charge in [0.15, 0.2) is 0 Å². The van der Waals surface area contributed by atoms with E-state index in [-0.39, 0.29) is 6.01 Å². The maximum Gasteiger partial charge on any atom is 0.338 e. The zero-order chi connectivity index (χ0) is 14.9. The molecule has 0 aliphatic carbocycles. The van der Waals surface area contributed by atoms with E-state index < -0.39 is 0 Å². The quantitative estimate of drug-likeness (QED) is 0.543. The summed E-state index contributed by atoms with van der Waals surface area (Å²) in [5, 5.41) is 5.60. The van der Waals surface area contributed by atoms with Crippen LogP contribution in [-0.4, -0.2) is 19.6 Å². The topological polar surface area (TPSA) is 52.3 Å². The standard InChI is InChI=1S/C16H11ClN4O/c17-14-12-8-4-5-9-13(12)21-15(18-14)19-16(20-21)22-10-11-6-2-1-3-7-11/h1-9H,10H2. The molecule has 2 aromatic carbocycles. The summed E-state index contributed by atoms with van der Waals surface area (Å²) in [5.41, 5.74) is 1.90. The Balaban J connectivity index is 1.73. The van der Waals surface area contributed by atoms with E-state index in [1.807, 2.05) is 54.6 Å². The Morgan fingerprint density at radius 1 is 0.955 bits per heavy atom. The number of benzene rings is 2. The molecule has 4 rings (SSSR count). The predicted molar refractivity (Wildman–Crippen MR) is 84.1 cm³/mol. The van der Waals surface area contributed by atoms with Crippen LogP contribution in [0.5, 0.6) is 6.01 Å². The molecule has 0 atom stereocenters. The fourth-order valence-electron chi connectivity index (χ4n) is 2.28. The van der Waals surface area contributed by atoms with Crippen molar-refractivity contribution < 1.29 is 4.74 Å². The van der Waals surface area contributed by atoms with Gasteiger partial charge in [-0.1, -0.05) is 54.1 Å². The van der Waals surface area contributed by atoms with Crippen LogP contribution in [0.3, 0.4) is 0 Å². The van der Waals surface area contributed by atoms with Gasteiger partial charge in [0.05, 0.1) is 5.52 Å². The third kappa shape index (κ3) is 2.25. The molecule has 0 unspecified atom stereocenters. The SMILES string of the molecule is Clc1nc2nc(OCc3ccccc3)nn2c2ccccc12. The molecule has 6 heteroatoms. The van der Waals surface area contributed by atoms with Crippen molar-refractivity contribution in [2.24, 2.45) is 0 Å². The minimum atomic E-state index is 0.281. The Kier molecular flexibility index (Phi) is 3.12. The van der Waals surface area contributed by atoms with Crippen molar-refractivity contribution in [2.45, 2.75) is 6.61 Å². The van der Waals surface area contributed by atoms with E-state index >= 15 is 0 Å². The minimum Gasteiger partial charge on any atom is -0.457 e. The predicted octanol–water partition coefficient (Wildman–Crippen LogP) is 3.51. The Morgan fingerprint density at radius 3 is 2.59 bits per heavy atom. The Bertz CT molecular complexity index is 952. The molecule has 0 fully saturated rings. The lowest BCUT2D eigenvalue weighted by Gasteiger charge is -2.01. The van der Waals surface area contributed by atoms with E-state index in [1.165, 1.54) is 0 Å². The molecule has 4 aromatic rings. The largest absolute Gasteiger partial charge is 0.457 e. The van der Waals surface area contributed by atoms with Gasteiger partial charge >= 0.3 is 6.01 Å². The second-order valence-corrected chi connectivity index (χ2v) is 5.16. The monoisotopic (exact) mass is 310 g/mol. The van der Waals surface area contributed by atoms with Crippen molar-refractivity contribution in [3.63, 3.8) is 0 Å². The van der Waals surface area contributed by atoms with Crippen LogP contribution < -0.4 is 4.74 Å². The van der Waals surface area contributed by atoms with Gasteiger partial charge in [0.25, 0.3) is 5.78 Å². The second-order valence-electron chi connectivity index (χ2n) is 4.80. The summed E-state index contributed by atoms with van der Waals surface area (Å²) in [6.07, 6.45) is 0. The van der Waals surface area contributed by atoms with Gasteiger partial charge in [-0.2, -0.15) is 14.5 Å². The number of para-hydroxylation sites is 1. The van der Waals surface area contributed by atoms with Crippen molar-refractivity contribution >= 4 is 28.3 Å². The molecule has 0 bridgehead atoms. The maximum absolute atomic E-state index is 6.19. The minimum absolute atomic E-state index is 0.281. The van der Waals surface area contributed by atoms with Gasteiger partial charge in [-0.3, -0.25) is 0 Å². The molecule has 0 radical (unpaired) electrons. The lowest BCUT2D eigenvalue weighted by Crippen LogP contribution is -1.97. The van der Waals surface area contributed by atoms with E-state index in [0.717, 1.165) is 16.5 Å². The first kappa shape index (κ1) is 13.0. The molecule has 0 aliphatic heterocycles. The molecule has 5 nitrogen and oxygen atoms in total. The molecule has 108 valence electrons. The molecule has 2 heterocycles. The highest BCUT2D eigenvalue weighted by Crippen LogP contribution is 2.23. The first-order valence-electron chi connectivity index (χ1n) is 6.79. The average molecular weight is 311 g/mol. The van der Waals surface area contributed by atoms with Gasteiger partial charge in [0, 0.05) is 5.39 Å². The van der Waals surface area contributed by atoms with Crippen LogP contribution in [0.2, 0.25) is 5.15 Å². The molecule has 0 spiro atoms. The summed E-state index contributed by atoms with van der Waals surface area (Å²) in [7, 11) is 0. The van der Waals surface area contributed by atoms with Gasteiger partial charge in [0.2, 0.25) is 0 Å². The van der Waals surface area contributed by atoms with Gasteiger partial charge < -0.3 is 4.74 Å². The van der Waals surface area contributed by atoms with E-state index in [1.54, 1.807) is 4.52 Å². The van der Waals surface area contributed by atoms with Gasteiger partial charge in [-0.25, -0.2) is 0 Å². The van der Waals surface area contributed by atoms with Gasteiger partial charge in [0.1, 0.15) is 11.8 Å². The summed E-state index contributed by atoms with van der Waals surface area (Å²) in [5.74, 6) is 0.423. The smallest absolute Gasteiger partial charge is 0.338 e. The van der Waals surface area contributed by atoms with Crippen LogP contribution in [-0.2, 0) is 6.61 Å². The summed E-state index contributed by atoms with van der Waals surface area (Å²) in [4.78, 5) is 8.53.